The number of carbonyl (C=O) groups is 1. The third kappa shape index (κ3) is 6.20. The maximum atomic E-state index is 10.9. The molecule has 0 radical (unpaired) electrons. The van der Waals surface area contributed by atoms with Crippen molar-refractivity contribution in [1.29, 1.82) is 0 Å². The molecule has 0 saturated carbocycles. The molecule has 0 aliphatic rings. The summed E-state index contributed by atoms with van der Waals surface area (Å²) in [5, 5.41) is 0. The molecule has 0 fully saturated rings. The van der Waals surface area contributed by atoms with E-state index in [0.29, 0.717) is 18.9 Å². The Balaban J connectivity index is 3.33. The van der Waals surface area contributed by atoms with Gasteiger partial charge in [0.15, 0.2) is 0 Å². The van der Waals surface area contributed by atoms with E-state index in [-0.39, 0.29) is 5.97 Å². The van der Waals surface area contributed by atoms with Crippen molar-refractivity contribution in [3.05, 3.63) is 0 Å². The van der Waals surface area contributed by atoms with E-state index in [2.05, 4.69) is 13.8 Å². The number of esters is 1. The Morgan fingerprint density at radius 3 is 2.50 bits per heavy atom. The summed E-state index contributed by atoms with van der Waals surface area (Å²) in [5.41, 5.74) is 0. The standard InChI is InChI=1S/C10H20O2/c1-4-6-9(3)7-8-10(11)12-5-2/h9H,4-8H2,1-3H3/t9-/m0/s1. The second-order valence-corrected chi connectivity index (χ2v) is 3.24. The van der Waals surface area contributed by atoms with E-state index in [1.165, 1.54) is 12.8 Å². The molecule has 0 saturated heterocycles. The van der Waals surface area contributed by atoms with E-state index in [0.717, 1.165) is 6.42 Å². The molecule has 0 aromatic rings. The SMILES string of the molecule is CCC[C@H](C)CCC(=O)OCC. The molecule has 0 heterocycles. The zero-order valence-electron chi connectivity index (χ0n) is 8.43. The average molecular weight is 172 g/mol. The zero-order chi connectivity index (χ0) is 9.40. The zero-order valence-corrected chi connectivity index (χ0v) is 8.43. The van der Waals surface area contributed by atoms with Crippen molar-refractivity contribution < 1.29 is 9.53 Å². The summed E-state index contributed by atoms with van der Waals surface area (Å²) < 4.78 is 4.83. The summed E-state index contributed by atoms with van der Waals surface area (Å²) in [7, 11) is 0. The summed E-state index contributed by atoms with van der Waals surface area (Å²) in [4.78, 5) is 10.9. The molecule has 12 heavy (non-hydrogen) atoms. The highest BCUT2D eigenvalue weighted by atomic mass is 16.5. The van der Waals surface area contributed by atoms with Gasteiger partial charge in [-0.1, -0.05) is 26.7 Å². The molecule has 2 nitrogen and oxygen atoms in total. The van der Waals surface area contributed by atoms with Crippen molar-refractivity contribution in [2.75, 3.05) is 6.61 Å². The second kappa shape index (κ2) is 7.14. The van der Waals surface area contributed by atoms with Crippen molar-refractivity contribution in [3.8, 4) is 0 Å². The lowest BCUT2D eigenvalue weighted by atomic mass is 10.0. The Kier molecular flexibility index (Phi) is 6.82. The van der Waals surface area contributed by atoms with Gasteiger partial charge >= 0.3 is 5.97 Å². The van der Waals surface area contributed by atoms with Gasteiger partial charge < -0.3 is 4.74 Å². The van der Waals surface area contributed by atoms with E-state index in [9.17, 15) is 4.79 Å². The van der Waals surface area contributed by atoms with Gasteiger partial charge in [-0.15, -0.1) is 0 Å². The highest BCUT2D eigenvalue weighted by Gasteiger charge is 2.05. The van der Waals surface area contributed by atoms with Crippen molar-refractivity contribution >= 4 is 5.97 Å². The monoisotopic (exact) mass is 172 g/mol. The van der Waals surface area contributed by atoms with E-state index < -0.39 is 0 Å². The fraction of sp³-hybridized carbons (Fsp3) is 0.900. The lowest BCUT2D eigenvalue weighted by Crippen LogP contribution is -2.06. The van der Waals surface area contributed by atoms with Crippen molar-refractivity contribution in [2.24, 2.45) is 5.92 Å². The van der Waals surface area contributed by atoms with Crippen LogP contribution in [0.4, 0.5) is 0 Å². The number of hydrogen-bond acceptors (Lipinski definition) is 2. The van der Waals surface area contributed by atoms with Crippen LogP contribution in [0.2, 0.25) is 0 Å². The lowest BCUT2D eigenvalue weighted by Gasteiger charge is -2.08. The molecule has 0 spiro atoms. The highest BCUT2D eigenvalue weighted by Crippen LogP contribution is 2.12. The number of ether oxygens (including phenoxy) is 1. The molecule has 0 N–H and O–H groups in total. The topological polar surface area (TPSA) is 26.3 Å². The van der Waals surface area contributed by atoms with Crippen LogP contribution in [0.5, 0.6) is 0 Å². The lowest BCUT2D eigenvalue weighted by molar-refractivity contribution is -0.143. The van der Waals surface area contributed by atoms with Crippen LogP contribution < -0.4 is 0 Å². The first-order valence-electron chi connectivity index (χ1n) is 4.86. The Labute approximate surface area is 75.3 Å². The van der Waals surface area contributed by atoms with Gasteiger partial charge in [-0.2, -0.15) is 0 Å². The van der Waals surface area contributed by atoms with Gasteiger partial charge in [-0.25, -0.2) is 0 Å². The van der Waals surface area contributed by atoms with Crippen LogP contribution in [-0.4, -0.2) is 12.6 Å². The summed E-state index contributed by atoms with van der Waals surface area (Å²) in [6.07, 6.45) is 3.95. The molecule has 2 heteroatoms. The molecule has 0 rings (SSSR count). The van der Waals surface area contributed by atoms with Crippen molar-refractivity contribution in [2.45, 2.75) is 46.5 Å². The predicted octanol–water partition coefficient (Wildman–Crippen LogP) is 2.77. The maximum absolute atomic E-state index is 10.9. The fourth-order valence-corrected chi connectivity index (χ4v) is 1.23. The van der Waals surface area contributed by atoms with Crippen LogP contribution in [0.25, 0.3) is 0 Å². The summed E-state index contributed by atoms with van der Waals surface area (Å²) in [5.74, 6) is 0.597. The van der Waals surface area contributed by atoms with Crippen LogP contribution in [-0.2, 0) is 9.53 Å². The van der Waals surface area contributed by atoms with E-state index >= 15 is 0 Å². The molecule has 0 unspecified atom stereocenters. The quantitative estimate of drug-likeness (QED) is 0.576. The highest BCUT2D eigenvalue weighted by molar-refractivity contribution is 5.69. The van der Waals surface area contributed by atoms with Crippen LogP contribution in [0.15, 0.2) is 0 Å². The average Bonchev–Trinajstić information content (AvgIpc) is 2.02. The van der Waals surface area contributed by atoms with Gasteiger partial charge in [0.2, 0.25) is 0 Å². The smallest absolute Gasteiger partial charge is 0.305 e. The third-order valence-corrected chi connectivity index (χ3v) is 1.93. The van der Waals surface area contributed by atoms with Crippen LogP contribution in [0.3, 0.4) is 0 Å². The Morgan fingerprint density at radius 2 is 2.00 bits per heavy atom. The first kappa shape index (κ1) is 11.5. The Bertz CT molecular complexity index is 121. The molecular weight excluding hydrogens is 152 g/mol. The molecule has 1 atom stereocenters. The first-order chi connectivity index (χ1) is 5.70. The van der Waals surface area contributed by atoms with E-state index in [1.807, 2.05) is 6.92 Å². The Hall–Kier alpha value is -0.530. The minimum Gasteiger partial charge on any atom is -0.466 e. The minimum absolute atomic E-state index is 0.0551. The third-order valence-electron chi connectivity index (χ3n) is 1.93. The molecule has 0 aliphatic heterocycles. The van der Waals surface area contributed by atoms with Gasteiger partial charge in [-0.3, -0.25) is 4.79 Å². The Morgan fingerprint density at radius 1 is 1.33 bits per heavy atom. The van der Waals surface area contributed by atoms with Gasteiger partial charge in [0, 0.05) is 6.42 Å². The number of hydrogen-bond donors (Lipinski definition) is 0. The van der Waals surface area contributed by atoms with Crippen molar-refractivity contribution in [1.82, 2.24) is 0 Å². The van der Waals surface area contributed by atoms with Gasteiger partial charge in [-0.05, 0) is 19.3 Å². The number of rotatable bonds is 6. The summed E-state index contributed by atoms with van der Waals surface area (Å²) in [6, 6.07) is 0. The number of carbonyl (C=O) groups excluding carboxylic acids is 1. The fourth-order valence-electron chi connectivity index (χ4n) is 1.23. The molecule has 0 bridgehead atoms. The van der Waals surface area contributed by atoms with Gasteiger partial charge in [0.05, 0.1) is 6.61 Å². The molecule has 0 aliphatic carbocycles. The van der Waals surface area contributed by atoms with E-state index in [4.69, 9.17) is 4.74 Å². The second-order valence-electron chi connectivity index (χ2n) is 3.24. The van der Waals surface area contributed by atoms with Crippen molar-refractivity contribution in [3.63, 3.8) is 0 Å². The molecule has 0 aromatic heterocycles. The summed E-state index contributed by atoms with van der Waals surface area (Å²) in [6.45, 7) is 6.69. The largest absolute Gasteiger partial charge is 0.466 e. The van der Waals surface area contributed by atoms with Gasteiger partial charge in [0.25, 0.3) is 0 Å². The van der Waals surface area contributed by atoms with Crippen LogP contribution in [0.1, 0.15) is 46.5 Å². The predicted molar refractivity (Wildman–Crippen MR) is 49.9 cm³/mol. The molecular formula is C10H20O2. The molecule has 0 amide bonds. The van der Waals surface area contributed by atoms with E-state index in [1.54, 1.807) is 0 Å². The maximum Gasteiger partial charge on any atom is 0.305 e. The van der Waals surface area contributed by atoms with Gasteiger partial charge in [0.1, 0.15) is 0 Å². The minimum atomic E-state index is -0.0551. The molecule has 0 aromatic carbocycles. The molecule has 72 valence electrons. The normalized spacial score (nSPS) is 12.6. The summed E-state index contributed by atoms with van der Waals surface area (Å²) >= 11 is 0. The van der Waals surface area contributed by atoms with Crippen LogP contribution in [0, 0.1) is 5.92 Å². The first-order valence-corrected chi connectivity index (χ1v) is 4.86. The van der Waals surface area contributed by atoms with Crippen LogP contribution >= 0.6 is 0 Å².